The fourth-order valence-electron chi connectivity index (χ4n) is 8.21. The van der Waals surface area contributed by atoms with E-state index in [-0.39, 0.29) is 0 Å². The topological polar surface area (TPSA) is 25.8 Å². The Kier molecular flexibility index (Phi) is 7.39. The molecule has 0 fully saturated rings. The third-order valence-electron chi connectivity index (χ3n) is 10.9. The van der Waals surface area contributed by atoms with E-state index in [0.29, 0.717) is 0 Å². The van der Waals surface area contributed by atoms with Gasteiger partial charge in [0, 0.05) is 26.6 Å². The number of hydrogen-bond donors (Lipinski definition) is 0. The van der Waals surface area contributed by atoms with Crippen molar-refractivity contribution in [2.75, 3.05) is 0 Å². The maximum absolute atomic E-state index is 5.49. The zero-order valence-electron chi connectivity index (χ0n) is 29.8. The lowest BCUT2D eigenvalue weighted by atomic mass is 9.96. The van der Waals surface area contributed by atoms with Gasteiger partial charge in [0.15, 0.2) is 5.82 Å². The molecular weight excluding hydrogens is 685 g/mol. The molecule has 0 unspecified atom stereocenters. The van der Waals surface area contributed by atoms with Crippen LogP contribution in [-0.4, -0.2) is 9.97 Å². The zero-order chi connectivity index (χ0) is 36.3. The summed E-state index contributed by atoms with van der Waals surface area (Å²) in [4.78, 5) is 11.0. The van der Waals surface area contributed by atoms with E-state index in [9.17, 15) is 0 Å². The molecule has 2 aromatic heterocycles. The van der Waals surface area contributed by atoms with Crippen LogP contribution in [0.15, 0.2) is 194 Å². The third kappa shape index (κ3) is 5.32. The van der Waals surface area contributed by atoms with Gasteiger partial charge in [-0.05, 0) is 72.4 Å². The van der Waals surface area contributed by atoms with Crippen molar-refractivity contribution in [3.8, 4) is 56.0 Å². The van der Waals surface area contributed by atoms with E-state index in [2.05, 4.69) is 194 Å². The summed E-state index contributed by atoms with van der Waals surface area (Å²) in [5, 5.41) is 8.56. The molecule has 55 heavy (non-hydrogen) atoms. The highest BCUT2D eigenvalue weighted by Crippen LogP contribution is 2.47. The first kappa shape index (κ1) is 31.6. The van der Waals surface area contributed by atoms with Crippen molar-refractivity contribution >= 4 is 64.0 Å². The van der Waals surface area contributed by atoms with Gasteiger partial charge in [-0.15, -0.1) is 11.3 Å². The average Bonchev–Trinajstić information content (AvgIpc) is 3.67. The Morgan fingerprint density at radius 1 is 0.327 bits per heavy atom. The maximum atomic E-state index is 5.49. The molecule has 0 atom stereocenters. The molecule has 0 saturated heterocycles. The van der Waals surface area contributed by atoms with Gasteiger partial charge >= 0.3 is 0 Å². The first-order valence-corrected chi connectivity index (χ1v) is 19.5. The smallest absolute Gasteiger partial charge is 0.160 e. The molecule has 0 aliphatic rings. The SMILES string of the molecule is c1ccc(-c2ccc(-c3cccc(-c4cccc(-c5nc(-c6cccc7ccccc67)c6sc7c8ccccc8c8ccccc8c7c6n5)c4)c3)cc2)cc1. The van der Waals surface area contributed by atoms with Crippen molar-refractivity contribution in [2.24, 2.45) is 0 Å². The minimum atomic E-state index is 0.724. The van der Waals surface area contributed by atoms with Crippen LogP contribution in [0.25, 0.3) is 109 Å². The molecule has 3 heteroatoms. The van der Waals surface area contributed by atoms with Gasteiger partial charge in [-0.1, -0.05) is 182 Å². The monoisotopic (exact) mass is 716 g/mol. The number of fused-ring (bicyclic) bond motifs is 9. The van der Waals surface area contributed by atoms with E-state index in [1.807, 2.05) is 11.3 Å². The molecule has 9 aromatic carbocycles. The van der Waals surface area contributed by atoms with Crippen molar-refractivity contribution in [1.29, 1.82) is 0 Å². The summed E-state index contributed by atoms with van der Waals surface area (Å²) < 4.78 is 2.36. The molecule has 0 amide bonds. The molecule has 0 spiro atoms. The highest BCUT2D eigenvalue weighted by molar-refractivity contribution is 7.27. The molecule has 0 N–H and O–H groups in total. The van der Waals surface area contributed by atoms with Crippen LogP contribution in [0.2, 0.25) is 0 Å². The largest absolute Gasteiger partial charge is 0.226 e. The second-order valence-corrected chi connectivity index (χ2v) is 15.1. The van der Waals surface area contributed by atoms with Crippen LogP contribution in [0.1, 0.15) is 0 Å². The summed E-state index contributed by atoms with van der Waals surface area (Å²) in [6.07, 6.45) is 0. The number of rotatable bonds is 5. The van der Waals surface area contributed by atoms with E-state index in [0.717, 1.165) is 44.0 Å². The molecule has 0 aliphatic heterocycles. The number of benzene rings is 9. The van der Waals surface area contributed by atoms with Gasteiger partial charge in [-0.2, -0.15) is 0 Å². The third-order valence-corrected chi connectivity index (χ3v) is 12.1. The van der Waals surface area contributed by atoms with Crippen LogP contribution in [-0.2, 0) is 0 Å². The summed E-state index contributed by atoms with van der Waals surface area (Å²) in [7, 11) is 0. The van der Waals surface area contributed by atoms with Gasteiger partial charge in [0.2, 0.25) is 0 Å². The Labute approximate surface area is 322 Å². The van der Waals surface area contributed by atoms with Crippen LogP contribution < -0.4 is 0 Å². The standard InChI is InChI=1S/C52H32N2S/c1-2-13-33(14-3-1)34-27-29-35(30-28-34)37-17-10-18-38(31-37)39-19-11-20-40(32-39)52-53-48(45-26-12-16-36-15-4-5-21-41(36)45)51-49(54-52)47-44-24-8-6-22-42(44)43-23-7-9-25-46(43)50(47)55-51/h1-32H. The lowest BCUT2D eigenvalue weighted by molar-refractivity contribution is 1.24. The van der Waals surface area contributed by atoms with E-state index >= 15 is 0 Å². The Bertz CT molecular complexity index is 3250. The second-order valence-electron chi connectivity index (χ2n) is 14.1. The lowest BCUT2D eigenvalue weighted by Crippen LogP contribution is -1.95. The first-order chi connectivity index (χ1) is 27.3. The number of thiophene rings is 1. The Balaban J connectivity index is 1.10. The van der Waals surface area contributed by atoms with Gasteiger partial charge < -0.3 is 0 Å². The Morgan fingerprint density at radius 2 is 0.818 bits per heavy atom. The highest BCUT2D eigenvalue weighted by atomic mass is 32.1. The van der Waals surface area contributed by atoms with Gasteiger partial charge in [-0.3, -0.25) is 0 Å². The summed E-state index contributed by atoms with van der Waals surface area (Å²) >= 11 is 1.81. The predicted molar refractivity (Wildman–Crippen MR) is 235 cm³/mol. The minimum Gasteiger partial charge on any atom is -0.226 e. The molecular formula is C52H32N2S. The molecule has 0 aliphatic carbocycles. The van der Waals surface area contributed by atoms with E-state index < -0.39 is 0 Å². The highest BCUT2D eigenvalue weighted by Gasteiger charge is 2.21. The van der Waals surface area contributed by atoms with E-state index in [1.165, 1.54) is 64.7 Å². The van der Waals surface area contributed by atoms with Crippen LogP contribution in [0.5, 0.6) is 0 Å². The van der Waals surface area contributed by atoms with Crippen LogP contribution >= 0.6 is 11.3 Å². The fraction of sp³-hybridized carbons (Fsp3) is 0. The number of nitrogens with zero attached hydrogens (tertiary/aromatic N) is 2. The quantitative estimate of drug-likeness (QED) is 0.166. The van der Waals surface area contributed by atoms with Crippen LogP contribution in [0.3, 0.4) is 0 Å². The molecule has 0 bridgehead atoms. The van der Waals surface area contributed by atoms with Gasteiger partial charge in [0.25, 0.3) is 0 Å². The van der Waals surface area contributed by atoms with Gasteiger partial charge in [-0.25, -0.2) is 9.97 Å². The Morgan fingerprint density at radius 3 is 1.56 bits per heavy atom. The lowest BCUT2D eigenvalue weighted by Gasteiger charge is -2.11. The molecule has 256 valence electrons. The molecule has 2 nitrogen and oxygen atoms in total. The van der Waals surface area contributed by atoms with Gasteiger partial charge in [0.05, 0.1) is 15.9 Å². The van der Waals surface area contributed by atoms with Crippen molar-refractivity contribution in [1.82, 2.24) is 9.97 Å². The Hall–Kier alpha value is -6.94. The van der Waals surface area contributed by atoms with Gasteiger partial charge in [0.1, 0.15) is 0 Å². The van der Waals surface area contributed by atoms with Crippen molar-refractivity contribution < 1.29 is 0 Å². The predicted octanol–water partition coefficient (Wildman–Crippen LogP) is 14.6. The first-order valence-electron chi connectivity index (χ1n) is 18.7. The molecule has 11 aromatic rings. The summed E-state index contributed by atoms with van der Waals surface area (Å²) in [5.74, 6) is 0.724. The average molecular weight is 717 g/mol. The van der Waals surface area contributed by atoms with Crippen LogP contribution in [0.4, 0.5) is 0 Å². The normalized spacial score (nSPS) is 11.6. The van der Waals surface area contributed by atoms with Crippen molar-refractivity contribution in [3.05, 3.63) is 194 Å². The summed E-state index contributed by atoms with van der Waals surface area (Å²) in [6, 6.07) is 69.6. The van der Waals surface area contributed by atoms with Crippen LogP contribution in [0, 0.1) is 0 Å². The minimum absolute atomic E-state index is 0.724. The molecule has 0 radical (unpaired) electrons. The van der Waals surface area contributed by atoms with E-state index in [1.54, 1.807) is 0 Å². The van der Waals surface area contributed by atoms with Crippen molar-refractivity contribution in [2.45, 2.75) is 0 Å². The second kappa shape index (κ2) is 12.9. The summed E-state index contributed by atoms with van der Waals surface area (Å²) in [5.41, 5.74) is 11.2. The van der Waals surface area contributed by atoms with E-state index in [4.69, 9.17) is 9.97 Å². The molecule has 11 rings (SSSR count). The zero-order valence-corrected chi connectivity index (χ0v) is 30.6. The number of hydrogen-bond acceptors (Lipinski definition) is 3. The summed E-state index contributed by atoms with van der Waals surface area (Å²) in [6.45, 7) is 0. The molecule has 2 heterocycles. The molecule has 0 saturated carbocycles. The van der Waals surface area contributed by atoms with Crippen molar-refractivity contribution in [3.63, 3.8) is 0 Å². The number of aromatic nitrogens is 2. The fourth-order valence-corrected chi connectivity index (χ4v) is 9.51. The maximum Gasteiger partial charge on any atom is 0.160 e.